The minimum Gasteiger partial charge on any atom is -0.344 e. The summed E-state index contributed by atoms with van der Waals surface area (Å²) in [5, 5.41) is 0. The summed E-state index contributed by atoms with van der Waals surface area (Å²) in [5.41, 5.74) is 1.27. The molecule has 0 spiro atoms. The molecule has 0 saturated carbocycles. The third-order valence-corrected chi connectivity index (χ3v) is 3.57. The Labute approximate surface area is 118 Å². The normalized spacial score (nSPS) is 26.2. The fourth-order valence-corrected chi connectivity index (χ4v) is 2.67. The Hall–Kier alpha value is -0.600. The maximum Gasteiger partial charge on any atom is 0.164 e. The van der Waals surface area contributed by atoms with E-state index in [1.54, 1.807) is 0 Å². The van der Waals surface area contributed by atoms with Crippen molar-refractivity contribution in [1.82, 2.24) is 0 Å². The summed E-state index contributed by atoms with van der Waals surface area (Å²) >= 11 is 0. The van der Waals surface area contributed by atoms with Gasteiger partial charge in [-0.15, -0.1) is 0 Å². The van der Waals surface area contributed by atoms with E-state index in [2.05, 4.69) is 45.9 Å². The molecule has 2 heteroatoms. The second kappa shape index (κ2) is 6.71. The van der Waals surface area contributed by atoms with Crippen LogP contribution in [0.3, 0.4) is 0 Å². The van der Waals surface area contributed by atoms with Crippen molar-refractivity contribution in [2.24, 2.45) is 0 Å². The van der Waals surface area contributed by atoms with Gasteiger partial charge in [0, 0.05) is 0 Å². The Morgan fingerprint density at radius 1 is 1.16 bits per heavy atom. The highest BCUT2D eigenvalue weighted by Gasteiger charge is 2.46. The van der Waals surface area contributed by atoms with E-state index in [-0.39, 0.29) is 11.7 Å². The SMILES string of the molecule is C/C=C/CC/C=C(\C)CC[C@H]1OC(C)(C)OC1(C)C. The highest BCUT2D eigenvalue weighted by molar-refractivity contribution is 5.01. The summed E-state index contributed by atoms with van der Waals surface area (Å²) in [7, 11) is 0. The van der Waals surface area contributed by atoms with Crippen LogP contribution in [0.1, 0.15) is 67.2 Å². The smallest absolute Gasteiger partial charge is 0.164 e. The first-order valence-corrected chi connectivity index (χ1v) is 7.41. The molecule has 1 fully saturated rings. The zero-order valence-corrected chi connectivity index (χ0v) is 13.5. The van der Waals surface area contributed by atoms with Crippen LogP contribution in [0.2, 0.25) is 0 Å². The van der Waals surface area contributed by atoms with E-state index in [1.165, 1.54) is 5.57 Å². The first-order valence-electron chi connectivity index (χ1n) is 7.41. The average molecular weight is 266 g/mol. The molecule has 2 nitrogen and oxygen atoms in total. The van der Waals surface area contributed by atoms with Gasteiger partial charge in [-0.05, 0) is 67.2 Å². The van der Waals surface area contributed by atoms with E-state index in [4.69, 9.17) is 9.47 Å². The van der Waals surface area contributed by atoms with E-state index >= 15 is 0 Å². The molecule has 1 aliphatic heterocycles. The van der Waals surface area contributed by atoms with Crippen LogP contribution < -0.4 is 0 Å². The standard InChI is InChI=1S/C17H30O2/c1-7-8-9-10-11-14(2)12-13-15-16(3,4)19-17(5,6)18-15/h7-8,11,15H,9-10,12-13H2,1-6H3/b8-7+,14-11+/t15-/m1/s1. The van der Waals surface area contributed by atoms with Crippen molar-refractivity contribution >= 4 is 0 Å². The molecule has 1 atom stereocenters. The summed E-state index contributed by atoms with van der Waals surface area (Å²) in [6, 6.07) is 0. The van der Waals surface area contributed by atoms with Crippen molar-refractivity contribution in [2.45, 2.75) is 84.7 Å². The lowest BCUT2D eigenvalue weighted by Gasteiger charge is -2.24. The Morgan fingerprint density at radius 2 is 1.84 bits per heavy atom. The largest absolute Gasteiger partial charge is 0.344 e. The Bertz CT molecular complexity index is 337. The quantitative estimate of drug-likeness (QED) is 0.497. The minimum absolute atomic E-state index is 0.182. The first-order chi connectivity index (χ1) is 8.77. The molecule has 1 rings (SSSR count). The van der Waals surface area contributed by atoms with Gasteiger partial charge < -0.3 is 9.47 Å². The molecule has 1 saturated heterocycles. The van der Waals surface area contributed by atoms with Gasteiger partial charge in [0.05, 0.1) is 11.7 Å². The van der Waals surface area contributed by atoms with Gasteiger partial charge in [0.1, 0.15) is 0 Å². The fraction of sp³-hybridized carbons (Fsp3) is 0.765. The molecule has 1 heterocycles. The van der Waals surface area contributed by atoms with E-state index in [1.807, 2.05) is 13.8 Å². The molecule has 0 bridgehead atoms. The van der Waals surface area contributed by atoms with Crippen LogP contribution in [-0.4, -0.2) is 17.5 Å². The third kappa shape index (κ3) is 5.50. The van der Waals surface area contributed by atoms with Crippen molar-refractivity contribution in [1.29, 1.82) is 0 Å². The summed E-state index contributed by atoms with van der Waals surface area (Å²) in [6.07, 6.45) is 11.2. The van der Waals surface area contributed by atoms with E-state index < -0.39 is 5.79 Å². The van der Waals surface area contributed by atoms with E-state index in [0.29, 0.717) is 0 Å². The van der Waals surface area contributed by atoms with Crippen molar-refractivity contribution in [3.05, 3.63) is 23.8 Å². The van der Waals surface area contributed by atoms with Gasteiger partial charge >= 0.3 is 0 Å². The lowest BCUT2D eigenvalue weighted by molar-refractivity contribution is -0.157. The minimum atomic E-state index is -0.447. The zero-order chi connectivity index (χ0) is 14.5. The molecule has 0 aromatic heterocycles. The summed E-state index contributed by atoms with van der Waals surface area (Å²) in [6.45, 7) is 12.5. The third-order valence-electron chi connectivity index (χ3n) is 3.57. The van der Waals surface area contributed by atoms with Crippen molar-refractivity contribution in [3.63, 3.8) is 0 Å². The van der Waals surface area contributed by atoms with Gasteiger partial charge in [0.2, 0.25) is 0 Å². The Balaban J connectivity index is 2.40. The summed E-state index contributed by atoms with van der Waals surface area (Å²) in [5.74, 6) is -0.447. The molecule has 0 amide bonds. The number of hydrogen-bond acceptors (Lipinski definition) is 2. The highest BCUT2D eigenvalue weighted by Crippen LogP contribution is 2.38. The number of ether oxygens (including phenoxy) is 2. The van der Waals surface area contributed by atoms with E-state index in [9.17, 15) is 0 Å². The van der Waals surface area contributed by atoms with Gasteiger partial charge in [-0.1, -0.05) is 23.8 Å². The van der Waals surface area contributed by atoms with Crippen LogP contribution in [0.5, 0.6) is 0 Å². The van der Waals surface area contributed by atoms with Crippen molar-refractivity contribution in [3.8, 4) is 0 Å². The average Bonchev–Trinajstić information content (AvgIpc) is 2.49. The van der Waals surface area contributed by atoms with Crippen LogP contribution in [-0.2, 0) is 9.47 Å². The molecule has 110 valence electrons. The Kier molecular flexibility index (Phi) is 5.82. The molecule has 0 N–H and O–H groups in total. The van der Waals surface area contributed by atoms with Crippen molar-refractivity contribution in [2.75, 3.05) is 0 Å². The van der Waals surface area contributed by atoms with Gasteiger partial charge in [-0.2, -0.15) is 0 Å². The zero-order valence-electron chi connectivity index (χ0n) is 13.5. The maximum absolute atomic E-state index is 6.00. The summed E-state index contributed by atoms with van der Waals surface area (Å²) < 4.78 is 11.9. The lowest BCUT2D eigenvalue weighted by atomic mass is 9.95. The first kappa shape index (κ1) is 16.5. The predicted octanol–water partition coefficient (Wildman–Crippen LogP) is 5.00. The predicted molar refractivity (Wildman–Crippen MR) is 81.2 cm³/mol. The van der Waals surface area contributed by atoms with Crippen molar-refractivity contribution < 1.29 is 9.47 Å². The molecule has 0 unspecified atom stereocenters. The number of allylic oxidation sites excluding steroid dienone is 4. The van der Waals surface area contributed by atoms with Crippen LogP contribution in [0.4, 0.5) is 0 Å². The molecular weight excluding hydrogens is 236 g/mol. The van der Waals surface area contributed by atoms with Gasteiger partial charge in [0.25, 0.3) is 0 Å². The van der Waals surface area contributed by atoms with Crippen LogP contribution in [0.15, 0.2) is 23.8 Å². The molecule has 0 aliphatic carbocycles. The van der Waals surface area contributed by atoms with Gasteiger partial charge in [-0.25, -0.2) is 0 Å². The second-order valence-corrected chi connectivity index (χ2v) is 6.45. The number of unbranched alkanes of at least 4 members (excludes halogenated alkanes) is 1. The number of hydrogen-bond donors (Lipinski definition) is 0. The topological polar surface area (TPSA) is 18.5 Å². The Morgan fingerprint density at radius 3 is 2.37 bits per heavy atom. The summed E-state index contributed by atoms with van der Waals surface area (Å²) in [4.78, 5) is 0. The lowest BCUT2D eigenvalue weighted by Crippen LogP contribution is -2.33. The fourth-order valence-electron chi connectivity index (χ4n) is 2.67. The molecule has 0 radical (unpaired) electrons. The molecule has 1 aliphatic rings. The van der Waals surface area contributed by atoms with Crippen LogP contribution in [0.25, 0.3) is 0 Å². The van der Waals surface area contributed by atoms with Gasteiger partial charge in [-0.3, -0.25) is 0 Å². The molecule has 0 aromatic carbocycles. The monoisotopic (exact) mass is 266 g/mol. The van der Waals surface area contributed by atoms with Crippen LogP contribution >= 0.6 is 0 Å². The molecule has 19 heavy (non-hydrogen) atoms. The number of rotatable bonds is 6. The highest BCUT2D eigenvalue weighted by atomic mass is 16.8. The molecular formula is C17H30O2. The molecule has 0 aromatic rings. The van der Waals surface area contributed by atoms with Gasteiger partial charge in [0.15, 0.2) is 5.79 Å². The van der Waals surface area contributed by atoms with E-state index in [0.717, 1.165) is 25.7 Å². The van der Waals surface area contributed by atoms with Crippen LogP contribution in [0, 0.1) is 0 Å². The second-order valence-electron chi connectivity index (χ2n) is 6.45. The maximum atomic E-state index is 6.00.